The van der Waals surface area contributed by atoms with Crippen LogP contribution in [-0.2, 0) is 27.2 Å². The van der Waals surface area contributed by atoms with E-state index in [1.54, 1.807) is 73.7 Å². The molecule has 12 heteroatoms. The van der Waals surface area contributed by atoms with Crippen LogP contribution in [0.1, 0.15) is 57.0 Å². The Bertz CT molecular complexity index is 1920. The SMILES string of the molecule is COC(=O)c1c(NC(=O)C(C)Sc2cccc(NC(=O)/C(=C\c3cccc(OC)c3OC)NC(=O)c3ccccc3)c2)sc2c1CCC(C)C2. The Morgan fingerprint density at radius 2 is 1.70 bits per heavy atom. The van der Waals surface area contributed by atoms with Crippen molar-refractivity contribution in [3.8, 4) is 11.5 Å². The fraction of sp³-hybridized carbons (Fsp3) is 0.263. The number of nitrogens with one attached hydrogen (secondary N) is 3. The monoisotopic (exact) mass is 713 g/mol. The van der Waals surface area contributed by atoms with Gasteiger partial charge in [-0.15, -0.1) is 23.1 Å². The number of carbonyl (C=O) groups is 4. The van der Waals surface area contributed by atoms with Crippen molar-refractivity contribution in [1.29, 1.82) is 0 Å². The third kappa shape index (κ3) is 8.55. The van der Waals surface area contributed by atoms with Crippen molar-refractivity contribution < 1.29 is 33.4 Å². The number of benzene rings is 3. The molecule has 2 unspecified atom stereocenters. The van der Waals surface area contributed by atoms with Gasteiger partial charge in [-0.05, 0) is 80.1 Å². The molecule has 0 fully saturated rings. The Balaban J connectivity index is 1.33. The predicted octanol–water partition coefficient (Wildman–Crippen LogP) is 7.21. The summed E-state index contributed by atoms with van der Waals surface area (Å²) in [5, 5.41) is 8.55. The average molecular weight is 714 g/mol. The van der Waals surface area contributed by atoms with Gasteiger partial charge in [-0.25, -0.2) is 4.79 Å². The molecule has 3 aromatic carbocycles. The molecule has 50 heavy (non-hydrogen) atoms. The number of thiophene rings is 1. The molecule has 0 aliphatic heterocycles. The van der Waals surface area contributed by atoms with Gasteiger partial charge in [-0.1, -0.05) is 43.3 Å². The first-order valence-corrected chi connectivity index (χ1v) is 17.7. The van der Waals surface area contributed by atoms with Crippen LogP contribution in [0.2, 0.25) is 0 Å². The molecule has 0 bridgehead atoms. The molecule has 260 valence electrons. The number of thioether (sulfide) groups is 1. The third-order valence-corrected chi connectivity index (χ3v) is 10.4. The van der Waals surface area contributed by atoms with Gasteiger partial charge < -0.3 is 30.2 Å². The molecule has 1 aliphatic carbocycles. The van der Waals surface area contributed by atoms with Gasteiger partial charge in [-0.3, -0.25) is 14.4 Å². The van der Waals surface area contributed by atoms with Crippen molar-refractivity contribution in [3.63, 3.8) is 0 Å². The maximum absolute atomic E-state index is 13.7. The Morgan fingerprint density at radius 1 is 0.940 bits per heavy atom. The zero-order valence-electron chi connectivity index (χ0n) is 28.5. The predicted molar refractivity (Wildman–Crippen MR) is 197 cm³/mol. The molecule has 4 aromatic rings. The molecular weight excluding hydrogens is 675 g/mol. The Kier molecular flexibility index (Phi) is 12.0. The number of para-hydroxylation sites is 1. The van der Waals surface area contributed by atoms with Gasteiger partial charge >= 0.3 is 5.97 Å². The summed E-state index contributed by atoms with van der Waals surface area (Å²) in [5.74, 6) is -0.373. The number of ether oxygens (including phenoxy) is 3. The minimum atomic E-state index is -0.571. The van der Waals surface area contributed by atoms with E-state index in [0.29, 0.717) is 44.8 Å². The van der Waals surface area contributed by atoms with Crippen LogP contribution in [0.4, 0.5) is 10.7 Å². The summed E-state index contributed by atoms with van der Waals surface area (Å²) in [7, 11) is 4.36. The van der Waals surface area contributed by atoms with E-state index in [1.165, 1.54) is 50.5 Å². The van der Waals surface area contributed by atoms with Crippen molar-refractivity contribution >= 4 is 63.6 Å². The number of amides is 3. The van der Waals surface area contributed by atoms with Gasteiger partial charge in [-0.2, -0.15) is 0 Å². The molecule has 0 saturated heterocycles. The maximum Gasteiger partial charge on any atom is 0.341 e. The number of fused-ring (bicyclic) bond motifs is 1. The van der Waals surface area contributed by atoms with E-state index in [-0.39, 0.29) is 11.6 Å². The number of hydrogen-bond donors (Lipinski definition) is 3. The summed E-state index contributed by atoms with van der Waals surface area (Å²) >= 11 is 2.75. The molecule has 0 radical (unpaired) electrons. The topological polar surface area (TPSA) is 132 Å². The van der Waals surface area contributed by atoms with Gasteiger partial charge in [0.15, 0.2) is 11.5 Å². The van der Waals surface area contributed by atoms with Crippen LogP contribution in [-0.4, -0.2) is 50.3 Å². The standard InChI is InChI=1S/C38H39N3O7S2/c1-22-17-18-28-31(19-22)50-37(32(28)38(45)48-5)41-34(42)23(2)49-27-15-10-14-26(21-27)39-36(44)29(40-35(43)24-11-7-6-8-12-24)20-25-13-9-16-30(46-3)33(25)47-4/h6-16,20-23H,17-19H2,1-5H3,(H,39,44)(H,40,43)(H,41,42)/b29-20+. The second kappa shape index (κ2) is 16.6. The molecular formula is C38H39N3O7S2. The van der Waals surface area contributed by atoms with Crippen LogP contribution in [0.15, 0.2) is 83.4 Å². The van der Waals surface area contributed by atoms with Gasteiger partial charge in [0.1, 0.15) is 10.7 Å². The summed E-state index contributed by atoms with van der Waals surface area (Å²) in [6.07, 6.45) is 4.14. The van der Waals surface area contributed by atoms with Gasteiger partial charge in [0.25, 0.3) is 11.8 Å². The van der Waals surface area contributed by atoms with E-state index in [9.17, 15) is 19.2 Å². The van der Waals surface area contributed by atoms with Gasteiger partial charge in [0.2, 0.25) is 5.91 Å². The maximum atomic E-state index is 13.7. The second-order valence-corrected chi connectivity index (χ2v) is 14.3. The average Bonchev–Trinajstić information content (AvgIpc) is 3.47. The fourth-order valence-electron chi connectivity index (χ4n) is 5.60. The van der Waals surface area contributed by atoms with Crippen molar-refractivity contribution in [1.82, 2.24) is 5.32 Å². The van der Waals surface area contributed by atoms with Gasteiger partial charge in [0, 0.05) is 26.6 Å². The molecule has 10 nitrogen and oxygen atoms in total. The number of rotatable bonds is 12. The zero-order chi connectivity index (χ0) is 35.8. The van der Waals surface area contributed by atoms with Crippen LogP contribution in [0, 0.1) is 5.92 Å². The smallest absolute Gasteiger partial charge is 0.341 e. The molecule has 3 N–H and O–H groups in total. The normalized spacial score (nSPS) is 14.5. The Morgan fingerprint density at radius 3 is 2.42 bits per heavy atom. The fourth-order valence-corrected chi connectivity index (χ4v) is 7.93. The summed E-state index contributed by atoms with van der Waals surface area (Å²) < 4.78 is 16.0. The minimum absolute atomic E-state index is 0.0225. The molecule has 1 heterocycles. The first-order valence-electron chi connectivity index (χ1n) is 16.0. The summed E-state index contributed by atoms with van der Waals surface area (Å²) in [5.41, 5.74) is 2.75. The zero-order valence-corrected chi connectivity index (χ0v) is 30.1. The van der Waals surface area contributed by atoms with Crippen molar-refractivity contribution in [3.05, 3.63) is 106 Å². The van der Waals surface area contributed by atoms with Crippen LogP contribution >= 0.6 is 23.1 Å². The Labute approximate surface area is 299 Å². The van der Waals surface area contributed by atoms with E-state index < -0.39 is 23.0 Å². The largest absolute Gasteiger partial charge is 0.493 e. The highest BCUT2D eigenvalue weighted by Crippen LogP contribution is 2.40. The number of anilines is 2. The highest BCUT2D eigenvalue weighted by atomic mass is 32.2. The molecule has 5 rings (SSSR count). The van der Waals surface area contributed by atoms with Gasteiger partial charge in [0.05, 0.1) is 32.1 Å². The lowest BCUT2D eigenvalue weighted by atomic mass is 9.88. The highest BCUT2D eigenvalue weighted by molar-refractivity contribution is 8.00. The molecule has 1 aromatic heterocycles. The highest BCUT2D eigenvalue weighted by Gasteiger charge is 2.30. The van der Waals surface area contributed by atoms with Crippen molar-refractivity contribution in [2.24, 2.45) is 5.92 Å². The van der Waals surface area contributed by atoms with Crippen molar-refractivity contribution in [2.75, 3.05) is 32.0 Å². The molecule has 1 aliphatic rings. The van der Waals surface area contributed by atoms with E-state index >= 15 is 0 Å². The molecule has 0 spiro atoms. The van der Waals surface area contributed by atoms with E-state index in [1.807, 2.05) is 6.07 Å². The lowest BCUT2D eigenvalue weighted by molar-refractivity contribution is -0.115. The minimum Gasteiger partial charge on any atom is -0.493 e. The summed E-state index contributed by atoms with van der Waals surface area (Å²) in [6.45, 7) is 3.96. The van der Waals surface area contributed by atoms with E-state index in [0.717, 1.165) is 34.6 Å². The summed E-state index contributed by atoms with van der Waals surface area (Å²) in [6, 6.07) is 20.9. The second-order valence-electron chi connectivity index (χ2n) is 11.7. The molecule has 0 saturated carbocycles. The third-order valence-electron chi connectivity index (χ3n) is 8.17. The molecule has 3 amide bonds. The summed E-state index contributed by atoms with van der Waals surface area (Å²) in [4.78, 5) is 54.8. The van der Waals surface area contributed by atoms with Crippen LogP contribution in [0.25, 0.3) is 6.08 Å². The number of carbonyl (C=O) groups excluding carboxylic acids is 4. The van der Waals surface area contributed by atoms with E-state index in [4.69, 9.17) is 14.2 Å². The first-order chi connectivity index (χ1) is 24.1. The lowest BCUT2D eigenvalue weighted by Gasteiger charge is -2.18. The van der Waals surface area contributed by atoms with E-state index in [2.05, 4.69) is 22.9 Å². The number of esters is 1. The van der Waals surface area contributed by atoms with Crippen LogP contribution < -0.4 is 25.4 Å². The Hall–Kier alpha value is -5.07. The van der Waals surface area contributed by atoms with Crippen molar-refractivity contribution in [2.45, 2.75) is 43.3 Å². The lowest BCUT2D eigenvalue weighted by Crippen LogP contribution is -2.30. The van der Waals surface area contributed by atoms with Crippen LogP contribution in [0.5, 0.6) is 11.5 Å². The number of methoxy groups -OCH3 is 3. The van der Waals surface area contributed by atoms with Crippen LogP contribution in [0.3, 0.4) is 0 Å². The number of hydrogen-bond acceptors (Lipinski definition) is 9. The first kappa shape index (κ1) is 36.2. The quantitative estimate of drug-likeness (QED) is 0.0798. The molecule has 2 atom stereocenters.